The van der Waals surface area contributed by atoms with Crippen LogP contribution < -0.4 is 10.1 Å². The topological polar surface area (TPSA) is 88.8 Å². The molecule has 0 fully saturated rings. The Hall–Kier alpha value is -2.76. The Morgan fingerprint density at radius 2 is 2.00 bits per heavy atom. The molecule has 6 heteroatoms. The lowest BCUT2D eigenvalue weighted by atomic mass is 10.1. The van der Waals surface area contributed by atoms with E-state index in [1.165, 1.54) is 6.26 Å². The zero-order chi connectivity index (χ0) is 17.0. The van der Waals surface area contributed by atoms with Crippen LogP contribution in [0.2, 0.25) is 0 Å². The molecule has 1 aromatic heterocycles. The molecule has 0 atom stereocenters. The lowest BCUT2D eigenvalue weighted by Gasteiger charge is -2.11. The smallest absolute Gasteiger partial charge is 0.311 e. The molecule has 23 heavy (non-hydrogen) atoms. The number of carbonyl (C=O) groups excluding carboxylic acids is 1. The molecule has 0 spiro atoms. The van der Waals surface area contributed by atoms with Crippen LogP contribution in [0.5, 0.6) is 5.75 Å². The molecule has 0 saturated heterocycles. The monoisotopic (exact) mass is 317 g/mol. The second-order valence-corrected chi connectivity index (χ2v) is 5.15. The van der Waals surface area contributed by atoms with Crippen LogP contribution in [0.1, 0.15) is 34.2 Å². The maximum absolute atomic E-state index is 12.5. The second-order valence-electron chi connectivity index (χ2n) is 5.15. The number of ether oxygens (including phenoxy) is 1. The summed E-state index contributed by atoms with van der Waals surface area (Å²) >= 11 is 0. The number of nitrogens with one attached hydrogen (secondary N) is 1. The van der Waals surface area contributed by atoms with Crippen LogP contribution >= 0.6 is 0 Å². The molecule has 6 nitrogen and oxygen atoms in total. The minimum absolute atomic E-state index is 0.149. The Kier molecular flexibility index (Phi) is 5.05. The van der Waals surface area contributed by atoms with Crippen LogP contribution in [0, 0.1) is 13.8 Å². The van der Waals surface area contributed by atoms with Crippen molar-refractivity contribution in [1.29, 1.82) is 0 Å². The van der Waals surface area contributed by atoms with Gasteiger partial charge in [-0.15, -0.1) is 0 Å². The molecule has 2 aromatic rings. The standard InChI is InChI=1S/C17H19NO5/c1-4-22-12-5-6-13(10(2)7-12)18-17(21)16-11(3)9-23-14(16)8-15(19)20/h5-7,9H,4,8H2,1-3H3,(H,18,21)(H,19,20). The first kappa shape index (κ1) is 16.6. The molecule has 2 rings (SSSR count). The summed E-state index contributed by atoms with van der Waals surface area (Å²) < 4.78 is 10.6. The van der Waals surface area contributed by atoms with Gasteiger partial charge in [0.25, 0.3) is 5.91 Å². The fourth-order valence-corrected chi connectivity index (χ4v) is 2.29. The molecule has 2 N–H and O–H groups in total. The van der Waals surface area contributed by atoms with Gasteiger partial charge in [-0.1, -0.05) is 0 Å². The van der Waals surface area contributed by atoms with Gasteiger partial charge in [0.2, 0.25) is 0 Å². The summed E-state index contributed by atoms with van der Waals surface area (Å²) in [5, 5.41) is 11.7. The Morgan fingerprint density at radius 1 is 1.26 bits per heavy atom. The third-order valence-electron chi connectivity index (χ3n) is 3.35. The van der Waals surface area contributed by atoms with Crippen molar-refractivity contribution in [3.05, 3.63) is 46.9 Å². The van der Waals surface area contributed by atoms with E-state index < -0.39 is 5.97 Å². The van der Waals surface area contributed by atoms with Gasteiger partial charge in [-0.05, 0) is 44.5 Å². The summed E-state index contributed by atoms with van der Waals surface area (Å²) in [6, 6.07) is 5.36. The van der Waals surface area contributed by atoms with Gasteiger partial charge in [-0.3, -0.25) is 9.59 Å². The number of carbonyl (C=O) groups is 2. The molecule has 122 valence electrons. The molecule has 0 unspecified atom stereocenters. The van der Waals surface area contributed by atoms with Gasteiger partial charge in [0.1, 0.15) is 17.9 Å². The van der Waals surface area contributed by atoms with Crippen molar-refractivity contribution in [2.75, 3.05) is 11.9 Å². The van der Waals surface area contributed by atoms with Gasteiger partial charge < -0.3 is 19.6 Å². The molecule has 1 aromatic carbocycles. The van der Waals surface area contributed by atoms with E-state index >= 15 is 0 Å². The van der Waals surface area contributed by atoms with Crippen LogP contribution in [0.15, 0.2) is 28.9 Å². The summed E-state index contributed by atoms with van der Waals surface area (Å²) in [5.41, 5.74) is 2.36. The zero-order valence-electron chi connectivity index (χ0n) is 13.3. The number of hydrogen-bond acceptors (Lipinski definition) is 4. The van der Waals surface area contributed by atoms with E-state index in [0.29, 0.717) is 17.9 Å². The number of rotatable bonds is 6. The first-order valence-corrected chi connectivity index (χ1v) is 7.26. The molecular formula is C17H19NO5. The maximum atomic E-state index is 12.5. The highest BCUT2D eigenvalue weighted by Gasteiger charge is 2.21. The minimum Gasteiger partial charge on any atom is -0.494 e. The zero-order valence-corrected chi connectivity index (χ0v) is 13.3. The first-order valence-electron chi connectivity index (χ1n) is 7.26. The molecule has 0 bridgehead atoms. The van der Waals surface area contributed by atoms with E-state index in [1.54, 1.807) is 19.1 Å². The van der Waals surface area contributed by atoms with Crippen molar-refractivity contribution in [3.63, 3.8) is 0 Å². The number of benzene rings is 1. The summed E-state index contributed by atoms with van der Waals surface area (Å²) in [7, 11) is 0. The minimum atomic E-state index is -1.05. The molecule has 0 saturated carbocycles. The average Bonchev–Trinajstić information content (AvgIpc) is 2.82. The van der Waals surface area contributed by atoms with E-state index in [9.17, 15) is 9.59 Å². The maximum Gasteiger partial charge on any atom is 0.311 e. The van der Waals surface area contributed by atoms with Crippen LogP contribution in [-0.2, 0) is 11.2 Å². The molecule has 1 heterocycles. The van der Waals surface area contributed by atoms with Gasteiger partial charge in [-0.2, -0.15) is 0 Å². The van der Waals surface area contributed by atoms with E-state index in [1.807, 2.05) is 19.9 Å². The third kappa shape index (κ3) is 3.91. The van der Waals surface area contributed by atoms with Crippen molar-refractivity contribution >= 4 is 17.6 Å². The number of carboxylic acid groups (broad SMARTS) is 1. The Morgan fingerprint density at radius 3 is 2.61 bits per heavy atom. The SMILES string of the molecule is CCOc1ccc(NC(=O)c2c(C)coc2CC(=O)O)c(C)c1. The number of amides is 1. The summed E-state index contributed by atoms with van der Waals surface area (Å²) in [6.07, 6.45) is 1.05. The number of anilines is 1. The highest BCUT2D eigenvalue weighted by molar-refractivity contribution is 6.06. The summed E-state index contributed by atoms with van der Waals surface area (Å²) in [5.74, 6) is -0.560. The second kappa shape index (κ2) is 7.00. The fourth-order valence-electron chi connectivity index (χ4n) is 2.29. The number of carboxylic acids is 1. The number of aliphatic carboxylic acids is 1. The van der Waals surface area contributed by atoms with Crippen molar-refractivity contribution in [3.8, 4) is 5.75 Å². The fraction of sp³-hybridized carbons (Fsp3) is 0.294. The van der Waals surface area contributed by atoms with Crippen molar-refractivity contribution in [1.82, 2.24) is 0 Å². The molecule has 0 aliphatic carbocycles. The van der Waals surface area contributed by atoms with Gasteiger partial charge in [0.15, 0.2) is 0 Å². The first-order chi connectivity index (χ1) is 10.9. The van der Waals surface area contributed by atoms with Crippen molar-refractivity contribution in [2.24, 2.45) is 0 Å². The van der Waals surface area contributed by atoms with Gasteiger partial charge in [0, 0.05) is 11.3 Å². The predicted molar refractivity (Wildman–Crippen MR) is 85.1 cm³/mol. The Labute approximate surface area is 134 Å². The lowest BCUT2D eigenvalue weighted by molar-refractivity contribution is -0.136. The van der Waals surface area contributed by atoms with E-state index in [-0.39, 0.29) is 23.7 Å². The van der Waals surface area contributed by atoms with Gasteiger partial charge in [0.05, 0.1) is 18.4 Å². The quantitative estimate of drug-likeness (QED) is 0.854. The third-order valence-corrected chi connectivity index (χ3v) is 3.35. The highest BCUT2D eigenvalue weighted by atomic mass is 16.5. The molecule has 0 radical (unpaired) electrons. The molecule has 0 aliphatic rings. The lowest BCUT2D eigenvalue weighted by Crippen LogP contribution is -2.16. The van der Waals surface area contributed by atoms with E-state index in [2.05, 4.69) is 5.32 Å². The number of aryl methyl sites for hydroxylation is 2. The van der Waals surface area contributed by atoms with Crippen molar-refractivity contribution < 1.29 is 23.8 Å². The average molecular weight is 317 g/mol. The number of hydrogen-bond donors (Lipinski definition) is 2. The summed E-state index contributed by atoms with van der Waals surface area (Å²) in [4.78, 5) is 23.3. The predicted octanol–water partition coefficient (Wildman–Crippen LogP) is 3.17. The van der Waals surface area contributed by atoms with Crippen LogP contribution in [0.25, 0.3) is 0 Å². The highest BCUT2D eigenvalue weighted by Crippen LogP contribution is 2.24. The Balaban J connectivity index is 2.22. The normalized spacial score (nSPS) is 10.4. The molecule has 1 amide bonds. The van der Waals surface area contributed by atoms with Crippen LogP contribution in [0.3, 0.4) is 0 Å². The van der Waals surface area contributed by atoms with Crippen LogP contribution in [0.4, 0.5) is 5.69 Å². The largest absolute Gasteiger partial charge is 0.494 e. The van der Waals surface area contributed by atoms with Gasteiger partial charge in [-0.25, -0.2) is 0 Å². The summed E-state index contributed by atoms with van der Waals surface area (Å²) in [6.45, 7) is 6.03. The van der Waals surface area contributed by atoms with E-state index in [0.717, 1.165) is 11.3 Å². The molecular weight excluding hydrogens is 298 g/mol. The van der Waals surface area contributed by atoms with Gasteiger partial charge >= 0.3 is 5.97 Å². The van der Waals surface area contributed by atoms with Crippen molar-refractivity contribution in [2.45, 2.75) is 27.2 Å². The van der Waals surface area contributed by atoms with Crippen LogP contribution in [-0.4, -0.2) is 23.6 Å². The molecule has 0 aliphatic heterocycles. The Bertz CT molecular complexity index is 733. The number of furan rings is 1. The van der Waals surface area contributed by atoms with E-state index in [4.69, 9.17) is 14.3 Å².